The fourth-order valence-corrected chi connectivity index (χ4v) is 3.07. The summed E-state index contributed by atoms with van der Waals surface area (Å²) in [6, 6.07) is 8.95. The van der Waals surface area contributed by atoms with Crippen LogP contribution in [0.5, 0.6) is 0 Å². The van der Waals surface area contributed by atoms with Crippen LogP contribution in [0.4, 0.5) is 0 Å². The minimum Gasteiger partial charge on any atom is -0.310 e. The van der Waals surface area contributed by atoms with Crippen molar-refractivity contribution >= 4 is 15.9 Å². The zero-order valence-electron chi connectivity index (χ0n) is 13.3. The number of nitrogens with one attached hydrogen (secondary N) is 1. The van der Waals surface area contributed by atoms with Crippen LogP contribution in [0.3, 0.4) is 0 Å². The molecule has 0 aliphatic rings. The average molecular weight is 350 g/mol. The number of nitrogens with zero attached hydrogens (tertiary/aromatic N) is 2. The number of likely N-dealkylation sites (N-methyl/N-ethyl adjacent to an activating group) is 1. The van der Waals surface area contributed by atoms with Gasteiger partial charge in [-0.25, -0.2) is 0 Å². The predicted octanol–water partition coefficient (Wildman–Crippen LogP) is 3.95. The van der Waals surface area contributed by atoms with E-state index in [1.807, 2.05) is 11.7 Å². The Bertz CT molecular complexity index is 604. The smallest absolute Gasteiger partial charge is 0.0624 e. The number of halogens is 1. The maximum absolute atomic E-state index is 4.56. The van der Waals surface area contributed by atoms with E-state index in [-0.39, 0.29) is 0 Å². The summed E-state index contributed by atoms with van der Waals surface area (Å²) in [5, 5.41) is 8.16. The molecular formula is C17H24BrN3. The quantitative estimate of drug-likeness (QED) is 0.855. The molecule has 0 amide bonds. The van der Waals surface area contributed by atoms with E-state index in [1.165, 1.54) is 21.3 Å². The zero-order valence-corrected chi connectivity index (χ0v) is 14.9. The summed E-state index contributed by atoms with van der Waals surface area (Å²) >= 11 is 3.64. The minimum atomic E-state index is 0.313. The Morgan fingerprint density at radius 3 is 2.71 bits per heavy atom. The molecule has 1 N–H and O–H groups in total. The van der Waals surface area contributed by atoms with E-state index in [4.69, 9.17) is 0 Å². The van der Waals surface area contributed by atoms with Crippen LogP contribution in [0.2, 0.25) is 0 Å². The standard InChI is InChI=1S/C17H24BrN3/c1-5-13-10-14(21(4)20-13)11-17(19-6-2)15-8-7-9-16(18)12(15)3/h7-10,17,19H,5-6,11H2,1-4H3. The maximum Gasteiger partial charge on any atom is 0.0624 e. The fraction of sp³-hybridized carbons (Fsp3) is 0.471. The Morgan fingerprint density at radius 2 is 2.10 bits per heavy atom. The summed E-state index contributed by atoms with van der Waals surface area (Å²) < 4.78 is 3.18. The molecule has 2 aromatic rings. The van der Waals surface area contributed by atoms with E-state index in [0.717, 1.165) is 25.1 Å². The molecule has 2 rings (SSSR count). The molecule has 114 valence electrons. The van der Waals surface area contributed by atoms with Crippen LogP contribution in [0.15, 0.2) is 28.7 Å². The van der Waals surface area contributed by atoms with Gasteiger partial charge < -0.3 is 5.32 Å². The van der Waals surface area contributed by atoms with Crippen molar-refractivity contribution in [1.82, 2.24) is 15.1 Å². The first-order valence-corrected chi connectivity index (χ1v) is 8.36. The Kier molecular flexibility index (Phi) is 5.59. The van der Waals surface area contributed by atoms with Gasteiger partial charge in [0.2, 0.25) is 0 Å². The molecule has 0 saturated carbocycles. The highest BCUT2D eigenvalue weighted by Gasteiger charge is 2.17. The SMILES string of the molecule is CCNC(Cc1cc(CC)nn1C)c1cccc(Br)c1C. The molecule has 21 heavy (non-hydrogen) atoms. The van der Waals surface area contributed by atoms with Crippen molar-refractivity contribution in [2.24, 2.45) is 7.05 Å². The summed E-state index contributed by atoms with van der Waals surface area (Å²) in [5.74, 6) is 0. The fourth-order valence-electron chi connectivity index (χ4n) is 2.68. The molecule has 0 radical (unpaired) electrons. The van der Waals surface area contributed by atoms with Crippen LogP contribution < -0.4 is 5.32 Å². The largest absolute Gasteiger partial charge is 0.310 e. The first-order valence-electron chi connectivity index (χ1n) is 7.57. The Hall–Kier alpha value is -1.13. The summed E-state index contributed by atoms with van der Waals surface area (Å²) in [5.41, 5.74) is 5.10. The lowest BCUT2D eigenvalue weighted by molar-refractivity contribution is 0.526. The molecule has 4 heteroatoms. The van der Waals surface area contributed by atoms with E-state index < -0.39 is 0 Å². The number of hydrogen-bond donors (Lipinski definition) is 1. The van der Waals surface area contributed by atoms with Gasteiger partial charge in [-0.2, -0.15) is 5.10 Å². The number of aromatic nitrogens is 2. The molecule has 0 aliphatic heterocycles. The van der Waals surface area contributed by atoms with Crippen molar-refractivity contribution in [3.63, 3.8) is 0 Å². The molecule has 1 atom stereocenters. The van der Waals surface area contributed by atoms with Gasteiger partial charge in [-0.15, -0.1) is 0 Å². The van der Waals surface area contributed by atoms with Crippen LogP contribution in [0.1, 0.15) is 42.4 Å². The van der Waals surface area contributed by atoms with Crippen LogP contribution in [0, 0.1) is 6.92 Å². The molecule has 0 fully saturated rings. The van der Waals surface area contributed by atoms with Gasteiger partial charge in [0, 0.05) is 29.7 Å². The van der Waals surface area contributed by atoms with Gasteiger partial charge in [0.1, 0.15) is 0 Å². The van der Waals surface area contributed by atoms with Gasteiger partial charge in [0.25, 0.3) is 0 Å². The van der Waals surface area contributed by atoms with Gasteiger partial charge in [-0.1, -0.05) is 41.9 Å². The van der Waals surface area contributed by atoms with Crippen LogP contribution >= 0.6 is 15.9 Å². The van der Waals surface area contributed by atoms with Crippen LogP contribution in [-0.4, -0.2) is 16.3 Å². The van der Waals surface area contributed by atoms with Gasteiger partial charge in [-0.3, -0.25) is 4.68 Å². The predicted molar refractivity (Wildman–Crippen MR) is 91.6 cm³/mol. The highest BCUT2D eigenvalue weighted by molar-refractivity contribution is 9.10. The minimum absolute atomic E-state index is 0.313. The lowest BCUT2D eigenvalue weighted by Crippen LogP contribution is -2.24. The average Bonchev–Trinajstić information content (AvgIpc) is 2.82. The molecule has 0 bridgehead atoms. The molecule has 0 saturated heterocycles. The molecule has 3 nitrogen and oxygen atoms in total. The number of benzene rings is 1. The molecule has 1 unspecified atom stereocenters. The van der Waals surface area contributed by atoms with Gasteiger partial charge in [0.15, 0.2) is 0 Å². The van der Waals surface area contributed by atoms with Crippen LogP contribution in [0.25, 0.3) is 0 Å². The van der Waals surface area contributed by atoms with E-state index in [2.05, 4.69) is 71.4 Å². The first-order chi connectivity index (χ1) is 10.1. The highest BCUT2D eigenvalue weighted by atomic mass is 79.9. The third-order valence-electron chi connectivity index (χ3n) is 3.94. The molecule has 1 aromatic carbocycles. The van der Waals surface area contributed by atoms with Gasteiger partial charge in [-0.05, 0) is 43.1 Å². The second-order valence-electron chi connectivity index (χ2n) is 5.37. The molecule has 0 aliphatic carbocycles. The third-order valence-corrected chi connectivity index (χ3v) is 4.80. The van der Waals surface area contributed by atoms with Crippen molar-refractivity contribution in [3.8, 4) is 0 Å². The summed E-state index contributed by atoms with van der Waals surface area (Å²) in [6.45, 7) is 7.42. The maximum atomic E-state index is 4.56. The summed E-state index contributed by atoms with van der Waals surface area (Å²) in [6.07, 6.45) is 1.93. The highest BCUT2D eigenvalue weighted by Crippen LogP contribution is 2.27. The van der Waals surface area contributed by atoms with Crippen molar-refractivity contribution in [3.05, 3.63) is 51.3 Å². The number of rotatable bonds is 6. The Labute approximate surface area is 135 Å². The van der Waals surface area contributed by atoms with Gasteiger partial charge in [0.05, 0.1) is 5.69 Å². The zero-order chi connectivity index (χ0) is 15.4. The van der Waals surface area contributed by atoms with Crippen molar-refractivity contribution in [1.29, 1.82) is 0 Å². The number of aryl methyl sites for hydroxylation is 2. The molecular weight excluding hydrogens is 326 g/mol. The van der Waals surface area contributed by atoms with E-state index in [0.29, 0.717) is 6.04 Å². The van der Waals surface area contributed by atoms with Crippen molar-refractivity contribution in [2.45, 2.75) is 39.7 Å². The third kappa shape index (κ3) is 3.74. The summed E-state index contributed by atoms with van der Waals surface area (Å²) in [4.78, 5) is 0. The lowest BCUT2D eigenvalue weighted by atomic mass is 9.97. The van der Waals surface area contributed by atoms with Crippen LogP contribution in [-0.2, 0) is 19.9 Å². The number of hydrogen-bond acceptors (Lipinski definition) is 2. The van der Waals surface area contributed by atoms with E-state index in [9.17, 15) is 0 Å². The second kappa shape index (κ2) is 7.23. The first kappa shape index (κ1) is 16.2. The topological polar surface area (TPSA) is 29.9 Å². The normalized spacial score (nSPS) is 12.6. The lowest BCUT2D eigenvalue weighted by Gasteiger charge is -2.21. The van der Waals surface area contributed by atoms with Crippen molar-refractivity contribution in [2.75, 3.05) is 6.54 Å². The summed E-state index contributed by atoms with van der Waals surface area (Å²) in [7, 11) is 2.03. The van der Waals surface area contributed by atoms with Crippen molar-refractivity contribution < 1.29 is 0 Å². The Morgan fingerprint density at radius 1 is 1.33 bits per heavy atom. The van der Waals surface area contributed by atoms with Gasteiger partial charge >= 0.3 is 0 Å². The monoisotopic (exact) mass is 349 g/mol. The molecule has 1 aromatic heterocycles. The molecule has 0 spiro atoms. The second-order valence-corrected chi connectivity index (χ2v) is 6.23. The molecule has 1 heterocycles. The van der Waals surface area contributed by atoms with E-state index >= 15 is 0 Å². The van der Waals surface area contributed by atoms with E-state index in [1.54, 1.807) is 0 Å². The Balaban J connectivity index is 2.30.